The summed E-state index contributed by atoms with van der Waals surface area (Å²) in [7, 11) is 0. The highest BCUT2D eigenvalue weighted by molar-refractivity contribution is 7.10. The zero-order valence-electron chi connectivity index (χ0n) is 10.0. The van der Waals surface area contributed by atoms with E-state index in [2.05, 4.69) is 38.9 Å². The van der Waals surface area contributed by atoms with Gasteiger partial charge < -0.3 is 5.32 Å². The van der Waals surface area contributed by atoms with E-state index in [1.807, 2.05) is 18.3 Å². The summed E-state index contributed by atoms with van der Waals surface area (Å²) in [6.07, 6.45) is 2.78. The highest BCUT2D eigenvalue weighted by Crippen LogP contribution is 2.30. The standard InChI is InChI=1S/C14H15N3S/c1-2-6-15-12(4-1)11(13-5-3-9-18-13)10-14-16-7-8-17-14/h1-6,9,11H,7-8,10H2,(H,16,17). The first kappa shape index (κ1) is 11.4. The van der Waals surface area contributed by atoms with Crippen molar-refractivity contribution in [3.63, 3.8) is 0 Å². The number of thiophene rings is 1. The molecule has 2 aromatic rings. The molecule has 0 fully saturated rings. The average Bonchev–Trinajstić information content (AvgIpc) is 3.10. The minimum atomic E-state index is 0.315. The molecular weight excluding hydrogens is 242 g/mol. The van der Waals surface area contributed by atoms with E-state index in [0.29, 0.717) is 5.92 Å². The van der Waals surface area contributed by atoms with Crippen LogP contribution in [0.3, 0.4) is 0 Å². The Balaban J connectivity index is 1.89. The fourth-order valence-corrected chi connectivity index (χ4v) is 3.04. The molecule has 1 aliphatic rings. The highest BCUT2D eigenvalue weighted by atomic mass is 32.1. The molecule has 2 aromatic heterocycles. The summed E-state index contributed by atoms with van der Waals surface area (Å²) < 4.78 is 0. The number of nitrogens with one attached hydrogen (secondary N) is 1. The normalized spacial score (nSPS) is 16.1. The van der Waals surface area contributed by atoms with Crippen molar-refractivity contribution in [2.24, 2.45) is 4.99 Å². The third kappa shape index (κ3) is 2.43. The molecule has 1 unspecified atom stereocenters. The molecule has 0 spiro atoms. The van der Waals surface area contributed by atoms with Gasteiger partial charge in [-0.1, -0.05) is 12.1 Å². The number of hydrogen-bond donors (Lipinski definition) is 1. The second-order valence-electron chi connectivity index (χ2n) is 4.28. The number of aromatic nitrogens is 1. The van der Waals surface area contributed by atoms with Crippen molar-refractivity contribution in [1.82, 2.24) is 10.3 Å². The summed E-state index contributed by atoms with van der Waals surface area (Å²) in [6, 6.07) is 10.4. The Kier molecular flexibility index (Phi) is 3.37. The fraction of sp³-hybridized carbons (Fsp3) is 0.286. The molecule has 18 heavy (non-hydrogen) atoms. The van der Waals surface area contributed by atoms with Gasteiger partial charge in [0.25, 0.3) is 0 Å². The van der Waals surface area contributed by atoms with Gasteiger partial charge >= 0.3 is 0 Å². The van der Waals surface area contributed by atoms with Gasteiger partial charge in [0, 0.05) is 35.7 Å². The molecule has 3 rings (SSSR count). The lowest BCUT2D eigenvalue weighted by Gasteiger charge is -2.15. The SMILES string of the molecule is c1ccc(C(CC2=NCCN2)c2cccs2)nc1. The van der Waals surface area contributed by atoms with Crippen LogP contribution in [0.2, 0.25) is 0 Å². The molecule has 0 amide bonds. The molecular formula is C14H15N3S. The number of hydrogen-bond acceptors (Lipinski definition) is 4. The molecule has 1 atom stereocenters. The predicted molar refractivity (Wildman–Crippen MR) is 75.3 cm³/mol. The Morgan fingerprint density at radius 1 is 1.28 bits per heavy atom. The second-order valence-corrected chi connectivity index (χ2v) is 5.26. The van der Waals surface area contributed by atoms with Crippen LogP contribution in [-0.2, 0) is 0 Å². The Bertz CT molecular complexity index is 519. The summed E-state index contributed by atoms with van der Waals surface area (Å²) in [5.74, 6) is 1.43. The third-order valence-corrected chi connectivity index (χ3v) is 4.06. The van der Waals surface area contributed by atoms with Gasteiger partial charge in [-0.15, -0.1) is 11.3 Å². The zero-order valence-corrected chi connectivity index (χ0v) is 10.9. The van der Waals surface area contributed by atoms with Crippen LogP contribution in [0, 0.1) is 0 Å². The van der Waals surface area contributed by atoms with E-state index in [0.717, 1.165) is 31.0 Å². The van der Waals surface area contributed by atoms with Gasteiger partial charge in [0.05, 0.1) is 12.4 Å². The van der Waals surface area contributed by atoms with Crippen molar-refractivity contribution in [3.05, 3.63) is 52.5 Å². The first-order valence-corrected chi connectivity index (χ1v) is 7.03. The van der Waals surface area contributed by atoms with Crippen LogP contribution in [0.5, 0.6) is 0 Å². The summed E-state index contributed by atoms with van der Waals surface area (Å²) in [5, 5.41) is 5.47. The van der Waals surface area contributed by atoms with Crippen LogP contribution in [0.15, 0.2) is 46.9 Å². The van der Waals surface area contributed by atoms with Gasteiger partial charge in [0.15, 0.2) is 0 Å². The average molecular weight is 257 g/mol. The van der Waals surface area contributed by atoms with E-state index in [1.54, 1.807) is 11.3 Å². The second kappa shape index (κ2) is 5.31. The van der Waals surface area contributed by atoms with E-state index in [-0.39, 0.29) is 0 Å². The van der Waals surface area contributed by atoms with E-state index >= 15 is 0 Å². The van der Waals surface area contributed by atoms with Gasteiger partial charge in [-0.2, -0.15) is 0 Å². The van der Waals surface area contributed by atoms with Crippen molar-refractivity contribution in [3.8, 4) is 0 Å². The lowest BCUT2D eigenvalue weighted by Crippen LogP contribution is -2.21. The Hall–Kier alpha value is -1.68. The molecule has 3 nitrogen and oxygen atoms in total. The van der Waals surface area contributed by atoms with E-state index in [9.17, 15) is 0 Å². The maximum absolute atomic E-state index is 4.50. The molecule has 0 aliphatic carbocycles. The fourth-order valence-electron chi connectivity index (χ4n) is 2.20. The van der Waals surface area contributed by atoms with Gasteiger partial charge in [-0.3, -0.25) is 9.98 Å². The molecule has 1 aliphatic heterocycles. The molecule has 0 saturated heterocycles. The largest absolute Gasteiger partial charge is 0.372 e. The first-order valence-electron chi connectivity index (χ1n) is 6.15. The summed E-state index contributed by atoms with van der Waals surface area (Å²) in [5.41, 5.74) is 1.12. The number of nitrogens with zero attached hydrogens (tertiary/aromatic N) is 2. The number of pyridine rings is 1. The molecule has 0 aromatic carbocycles. The van der Waals surface area contributed by atoms with Crippen LogP contribution in [-0.4, -0.2) is 23.9 Å². The van der Waals surface area contributed by atoms with Gasteiger partial charge in [0.1, 0.15) is 0 Å². The van der Waals surface area contributed by atoms with E-state index < -0.39 is 0 Å². The number of amidine groups is 1. The van der Waals surface area contributed by atoms with E-state index in [4.69, 9.17) is 0 Å². The molecule has 92 valence electrons. The van der Waals surface area contributed by atoms with E-state index in [1.165, 1.54) is 4.88 Å². The van der Waals surface area contributed by atoms with Crippen LogP contribution >= 0.6 is 11.3 Å². The summed E-state index contributed by atoms with van der Waals surface area (Å²) >= 11 is 1.79. The molecule has 3 heterocycles. The molecule has 0 saturated carbocycles. The first-order chi connectivity index (χ1) is 8.93. The number of rotatable bonds is 4. The Labute approximate surface area is 111 Å². The number of aliphatic imine (C=N–C) groups is 1. The van der Waals surface area contributed by atoms with Crippen LogP contribution < -0.4 is 5.32 Å². The lowest BCUT2D eigenvalue weighted by molar-refractivity contribution is 0.816. The van der Waals surface area contributed by atoms with Gasteiger partial charge in [0.2, 0.25) is 0 Å². The highest BCUT2D eigenvalue weighted by Gasteiger charge is 2.20. The third-order valence-electron chi connectivity index (χ3n) is 3.07. The Morgan fingerprint density at radius 2 is 2.28 bits per heavy atom. The zero-order chi connectivity index (χ0) is 12.2. The molecule has 0 radical (unpaired) electrons. The molecule has 1 N–H and O–H groups in total. The molecule has 0 bridgehead atoms. The Morgan fingerprint density at radius 3 is 2.94 bits per heavy atom. The van der Waals surface area contributed by atoms with Crippen LogP contribution in [0.1, 0.15) is 22.9 Å². The van der Waals surface area contributed by atoms with Gasteiger partial charge in [-0.25, -0.2) is 0 Å². The predicted octanol–water partition coefficient (Wildman–Crippen LogP) is 2.67. The van der Waals surface area contributed by atoms with Crippen LogP contribution in [0.4, 0.5) is 0 Å². The maximum atomic E-state index is 4.50. The minimum absolute atomic E-state index is 0.315. The van der Waals surface area contributed by atoms with Crippen molar-refractivity contribution in [2.45, 2.75) is 12.3 Å². The smallest absolute Gasteiger partial charge is 0.0974 e. The topological polar surface area (TPSA) is 37.3 Å². The lowest BCUT2D eigenvalue weighted by atomic mass is 9.98. The van der Waals surface area contributed by atoms with Crippen molar-refractivity contribution >= 4 is 17.2 Å². The minimum Gasteiger partial charge on any atom is -0.372 e. The summed E-state index contributed by atoms with van der Waals surface area (Å²) in [4.78, 5) is 10.3. The molecule has 4 heteroatoms. The van der Waals surface area contributed by atoms with Crippen molar-refractivity contribution in [1.29, 1.82) is 0 Å². The van der Waals surface area contributed by atoms with Crippen molar-refractivity contribution < 1.29 is 0 Å². The van der Waals surface area contributed by atoms with Crippen LogP contribution in [0.25, 0.3) is 0 Å². The maximum Gasteiger partial charge on any atom is 0.0974 e. The summed E-state index contributed by atoms with van der Waals surface area (Å²) in [6.45, 7) is 1.86. The van der Waals surface area contributed by atoms with Gasteiger partial charge in [-0.05, 0) is 23.6 Å². The monoisotopic (exact) mass is 257 g/mol. The van der Waals surface area contributed by atoms with Crippen molar-refractivity contribution in [2.75, 3.05) is 13.1 Å². The quantitative estimate of drug-likeness (QED) is 0.914.